The fourth-order valence-electron chi connectivity index (χ4n) is 2.69. The molecule has 3 aromatic rings. The number of ether oxygens (including phenoxy) is 2. The molecule has 0 saturated carbocycles. The van der Waals surface area contributed by atoms with Crippen LogP contribution < -0.4 is 15.0 Å². The van der Waals surface area contributed by atoms with Crippen LogP contribution in [0.5, 0.6) is 11.5 Å². The maximum Gasteiger partial charge on any atom is 0.573 e. The molecular formula is C19H14F3N3O4. The number of halogens is 3. The first-order chi connectivity index (χ1) is 13.8. The van der Waals surface area contributed by atoms with Crippen LogP contribution in [0.25, 0.3) is 11.6 Å². The third-order valence-electron chi connectivity index (χ3n) is 4.05. The molecular weight excluding hydrogens is 391 g/mol. The lowest BCUT2D eigenvalue weighted by atomic mass is 9.96. The van der Waals surface area contributed by atoms with Crippen molar-refractivity contribution in [2.45, 2.75) is 18.9 Å². The van der Waals surface area contributed by atoms with Crippen LogP contribution in [0, 0.1) is 0 Å². The third kappa shape index (κ3) is 4.32. The highest BCUT2D eigenvalue weighted by Crippen LogP contribution is 2.34. The zero-order chi connectivity index (χ0) is 20.5. The first-order valence-electron chi connectivity index (χ1n) is 8.38. The molecule has 10 heteroatoms. The number of nitrogens with zero attached hydrogens (tertiary/aromatic N) is 2. The van der Waals surface area contributed by atoms with Crippen molar-refractivity contribution in [3.05, 3.63) is 72.6 Å². The lowest BCUT2D eigenvalue weighted by Crippen LogP contribution is -2.23. The first kappa shape index (κ1) is 18.8. The Labute approximate surface area is 162 Å². The average Bonchev–Trinajstić information content (AvgIpc) is 3.33. The summed E-state index contributed by atoms with van der Waals surface area (Å²) in [6.07, 6.45) is 1.40. The molecule has 0 aliphatic carbocycles. The molecule has 1 aliphatic heterocycles. The lowest BCUT2D eigenvalue weighted by molar-refractivity contribution is -0.274. The largest absolute Gasteiger partial charge is 0.573 e. The van der Waals surface area contributed by atoms with E-state index in [4.69, 9.17) is 14.0 Å². The quantitative estimate of drug-likeness (QED) is 0.678. The molecule has 4 rings (SSSR count). The molecule has 1 N–H and O–H groups in total. The Morgan fingerprint density at radius 2 is 1.79 bits per heavy atom. The minimum absolute atomic E-state index is 0.312. The monoisotopic (exact) mass is 405 g/mol. The molecule has 1 atom stereocenters. The molecule has 0 radical (unpaired) electrons. The number of rotatable bonds is 5. The molecule has 3 heterocycles. The van der Waals surface area contributed by atoms with E-state index in [1.807, 2.05) is 0 Å². The summed E-state index contributed by atoms with van der Waals surface area (Å²) in [4.78, 5) is 13.8. The van der Waals surface area contributed by atoms with E-state index in [2.05, 4.69) is 20.2 Å². The maximum atomic E-state index is 12.3. The Bertz CT molecular complexity index is 1000. The van der Waals surface area contributed by atoms with Crippen LogP contribution in [0.4, 0.5) is 13.2 Å². The number of aromatic nitrogens is 2. The number of benzene rings is 1. The van der Waals surface area contributed by atoms with E-state index in [1.54, 1.807) is 25.1 Å². The number of oxazole rings is 1. The van der Waals surface area contributed by atoms with Gasteiger partial charge in [0, 0.05) is 6.08 Å². The van der Waals surface area contributed by atoms with Gasteiger partial charge in [0.25, 0.3) is 0 Å². The minimum Gasteiger partial charge on any atom is -0.443 e. The van der Waals surface area contributed by atoms with Gasteiger partial charge in [0.15, 0.2) is 0 Å². The van der Waals surface area contributed by atoms with Crippen molar-refractivity contribution in [1.29, 1.82) is 0 Å². The highest BCUT2D eigenvalue weighted by molar-refractivity contribution is 5.47. The normalized spacial score (nSPS) is 18.8. The van der Waals surface area contributed by atoms with Gasteiger partial charge in [-0.1, -0.05) is 12.1 Å². The molecule has 7 nitrogen and oxygen atoms in total. The van der Waals surface area contributed by atoms with E-state index < -0.39 is 12.0 Å². The topological polar surface area (TPSA) is 78.6 Å². The summed E-state index contributed by atoms with van der Waals surface area (Å²) in [6.45, 7) is 1.74. The van der Waals surface area contributed by atoms with Gasteiger partial charge in [-0.25, -0.2) is 15.4 Å². The van der Waals surface area contributed by atoms with Gasteiger partial charge < -0.3 is 13.9 Å². The standard InChI is InChI=1S/C19H14F3N3O4/c1-18(12-2-4-13(5-3-12)28-19(20,21)22)10-16(25-29-18)27-14-6-7-15(24-11-14)17-23-8-9-26-17/h2-11,25H,1H3. The summed E-state index contributed by atoms with van der Waals surface area (Å²) < 4.78 is 51.6. The Hall–Kier alpha value is -3.53. The van der Waals surface area contributed by atoms with E-state index in [9.17, 15) is 13.2 Å². The lowest BCUT2D eigenvalue weighted by Gasteiger charge is -2.20. The van der Waals surface area contributed by atoms with Crippen LogP contribution >= 0.6 is 0 Å². The molecule has 1 unspecified atom stereocenters. The van der Waals surface area contributed by atoms with Crippen LogP contribution in [0.2, 0.25) is 0 Å². The van der Waals surface area contributed by atoms with E-state index in [1.165, 1.54) is 42.9 Å². The average molecular weight is 405 g/mol. The van der Waals surface area contributed by atoms with Gasteiger partial charge >= 0.3 is 6.36 Å². The molecule has 0 spiro atoms. The zero-order valence-corrected chi connectivity index (χ0v) is 14.9. The molecule has 1 aliphatic rings. The van der Waals surface area contributed by atoms with Crippen molar-refractivity contribution in [3.8, 4) is 23.1 Å². The number of alkyl halides is 3. The summed E-state index contributed by atoms with van der Waals surface area (Å²) in [6, 6.07) is 8.78. The summed E-state index contributed by atoms with van der Waals surface area (Å²) in [5, 5.41) is 0. The van der Waals surface area contributed by atoms with E-state index >= 15 is 0 Å². The van der Waals surface area contributed by atoms with Crippen molar-refractivity contribution in [2.24, 2.45) is 0 Å². The van der Waals surface area contributed by atoms with Gasteiger partial charge in [0.2, 0.25) is 11.8 Å². The maximum absolute atomic E-state index is 12.3. The number of hydrogen-bond acceptors (Lipinski definition) is 7. The van der Waals surface area contributed by atoms with Gasteiger partial charge in [0.05, 0.1) is 12.4 Å². The minimum atomic E-state index is -4.74. The first-order valence-corrected chi connectivity index (χ1v) is 8.38. The summed E-state index contributed by atoms with van der Waals surface area (Å²) in [5.41, 5.74) is 2.87. The van der Waals surface area contributed by atoms with E-state index in [0.29, 0.717) is 28.8 Å². The fraction of sp³-hybridized carbons (Fsp3) is 0.158. The molecule has 1 aromatic carbocycles. The summed E-state index contributed by atoms with van der Waals surface area (Å²) in [5.74, 6) is 0.840. The Kier molecular flexibility index (Phi) is 4.63. The van der Waals surface area contributed by atoms with Crippen LogP contribution in [-0.2, 0) is 10.4 Å². The highest BCUT2D eigenvalue weighted by atomic mass is 19.4. The summed E-state index contributed by atoms with van der Waals surface area (Å²) in [7, 11) is 0. The van der Waals surface area contributed by atoms with Gasteiger partial charge in [0.1, 0.15) is 29.1 Å². The van der Waals surface area contributed by atoms with Gasteiger partial charge in [-0.2, -0.15) is 0 Å². The predicted molar refractivity (Wildman–Crippen MR) is 93.1 cm³/mol. The van der Waals surface area contributed by atoms with Crippen LogP contribution in [0.3, 0.4) is 0 Å². The van der Waals surface area contributed by atoms with Crippen LogP contribution in [-0.4, -0.2) is 16.3 Å². The molecule has 150 valence electrons. The Morgan fingerprint density at radius 3 is 2.41 bits per heavy atom. The molecule has 0 saturated heterocycles. The number of hydroxylamine groups is 1. The van der Waals surface area contributed by atoms with Crippen molar-refractivity contribution < 1.29 is 31.9 Å². The third-order valence-corrected chi connectivity index (χ3v) is 4.05. The Morgan fingerprint density at radius 1 is 1.03 bits per heavy atom. The van der Waals surface area contributed by atoms with Crippen molar-refractivity contribution in [3.63, 3.8) is 0 Å². The SMILES string of the molecule is CC1(c2ccc(OC(F)(F)F)cc2)C=C(Oc2ccc(-c3ncco3)nc2)NO1. The second-order valence-corrected chi connectivity index (χ2v) is 6.21. The Balaban J connectivity index is 1.45. The number of pyridine rings is 1. The van der Waals surface area contributed by atoms with Crippen LogP contribution in [0.15, 0.2) is 71.4 Å². The van der Waals surface area contributed by atoms with E-state index in [0.717, 1.165) is 0 Å². The van der Waals surface area contributed by atoms with Crippen molar-refractivity contribution >= 4 is 0 Å². The highest BCUT2D eigenvalue weighted by Gasteiger charge is 2.34. The number of hydrogen-bond donors (Lipinski definition) is 1. The second kappa shape index (κ2) is 7.13. The smallest absolute Gasteiger partial charge is 0.443 e. The predicted octanol–water partition coefficient (Wildman–Crippen LogP) is 4.31. The summed E-state index contributed by atoms with van der Waals surface area (Å²) >= 11 is 0. The zero-order valence-electron chi connectivity index (χ0n) is 14.9. The molecule has 29 heavy (non-hydrogen) atoms. The number of nitrogens with one attached hydrogen (secondary N) is 1. The van der Waals surface area contributed by atoms with Gasteiger partial charge in [-0.15, -0.1) is 13.2 Å². The van der Waals surface area contributed by atoms with Gasteiger partial charge in [-0.3, -0.25) is 4.84 Å². The molecule has 0 amide bonds. The molecule has 0 bridgehead atoms. The molecule has 2 aromatic heterocycles. The van der Waals surface area contributed by atoms with Crippen molar-refractivity contribution in [2.75, 3.05) is 0 Å². The second-order valence-electron chi connectivity index (χ2n) is 6.21. The van der Waals surface area contributed by atoms with Crippen molar-refractivity contribution in [1.82, 2.24) is 15.4 Å². The van der Waals surface area contributed by atoms with Gasteiger partial charge in [-0.05, 0) is 36.8 Å². The van der Waals surface area contributed by atoms with E-state index in [-0.39, 0.29) is 5.75 Å². The van der Waals surface area contributed by atoms with Crippen LogP contribution in [0.1, 0.15) is 12.5 Å². The fourth-order valence-corrected chi connectivity index (χ4v) is 2.69. The molecule has 0 fully saturated rings.